The number of fused-ring (bicyclic) bond motifs is 1. The molecular weight excluding hydrogens is 282 g/mol. The molecule has 1 amide bonds. The molecule has 1 aromatic rings. The van der Waals surface area contributed by atoms with Gasteiger partial charge in [-0.25, -0.2) is 0 Å². The quantitative estimate of drug-likeness (QED) is 0.838. The van der Waals surface area contributed by atoms with E-state index in [0.29, 0.717) is 25.7 Å². The molecule has 2 aliphatic heterocycles. The van der Waals surface area contributed by atoms with Gasteiger partial charge in [-0.2, -0.15) is 0 Å². The number of hydrogen-bond donors (Lipinski definition) is 0. The van der Waals surface area contributed by atoms with Crippen LogP contribution in [0, 0.1) is 11.8 Å². The van der Waals surface area contributed by atoms with E-state index >= 15 is 0 Å². The third-order valence-corrected chi connectivity index (χ3v) is 3.99. The third-order valence-electron chi connectivity index (χ3n) is 3.99. The van der Waals surface area contributed by atoms with Crippen molar-refractivity contribution in [3.05, 3.63) is 23.8 Å². The summed E-state index contributed by atoms with van der Waals surface area (Å²) in [5.74, 6) is 2.17. The Balaban J connectivity index is 1.73. The Morgan fingerprint density at radius 1 is 1.32 bits per heavy atom. The zero-order chi connectivity index (χ0) is 15.5. The van der Waals surface area contributed by atoms with Crippen molar-refractivity contribution < 1.29 is 19.0 Å². The monoisotopic (exact) mass is 305 g/mol. The van der Waals surface area contributed by atoms with Gasteiger partial charge in [-0.1, -0.05) is 19.9 Å². The van der Waals surface area contributed by atoms with Crippen molar-refractivity contribution in [3.63, 3.8) is 0 Å². The Kier molecular flexibility index (Phi) is 4.52. The van der Waals surface area contributed by atoms with Crippen LogP contribution in [0.2, 0.25) is 0 Å². The average molecular weight is 305 g/mol. The normalized spacial score (nSPS) is 19.7. The lowest BCUT2D eigenvalue weighted by Gasteiger charge is -2.27. The summed E-state index contributed by atoms with van der Waals surface area (Å²) < 4.78 is 16.1. The maximum Gasteiger partial charge on any atom is 0.231 e. The van der Waals surface area contributed by atoms with E-state index in [0.717, 1.165) is 30.0 Å². The van der Waals surface area contributed by atoms with E-state index in [-0.39, 0.29) is 18.6 Å². The average Bonchev–Trinajstić information content (AvgIpc) is 3.16. The molecule has 2 aliphatic rings. The van der Waals surface area contributed by atoms with Crippen LogP contribution in [0.25, 0.3) is 0 Å². The molecule has 1 aromatic carbocycles. The van der Waals surface area contributed by atoms with Crippen LogP contribution < -0.4 is 9.47 Å². The summed E-state index contributed by atoms with van der Waals surface area (Å²) in [4.78, 5) is 14.7. The first-order valence-corrected chi connectivity index (χ1v) is 7.88. The molecule has 1 unspecified atom stereocenters. The van der Waals surface area contributed by atoms with Crippen molar-refractivity contribution >= 4 is 5.91 Å². The van der Waals surface area contributed by atoms with Gasteiger partial charge in [-0.05, 0) is 30.0 Å². The second-order valence-corrected chi connectivity index (χ2v) is 6.36. The number of ether oxygens (including phenoxy) is 3. The topological polar surface area (TPSA) is 48.0 Å². The second-order valence-electron chi connectivity index (χ2n) is 6.36. The van der Waals surface area contributed by atoms with Crippen molar-refractivity contribution in [1.82, 2.24) is 4.90 Å². The van der Waals surface area contributed by atoms with E-state index in [1.807, 2.05) is 23.1 Å². The van der Waals surface area contributed by atoms with Crippen molar-refractivity contribution in [1.29, 1.82) is 0 Å². The summed E-state index contributed by atoms with van der Waals surface area (Å²) in [6.45, 7) is 7.13. The Bertz CT molecular complexity index is 537. The van der Waals surface area contributed by atoms with Crippen molar-refractivity contribution in [2.24, 2.45) is 11.8 Å². The van der Waals surface area contributed by atoms with Gasteiger partial charge in [0.25, 0.3) is 0 Å². The first-order chi connectivity index (χ1) is 10.6. The van der Waals surface area contributed by atoms with Gasteiger partial charge < -0.3 is 19.1 Å². The maximum atomic E-state index is 12.7. The minimum atomic E-state index is 0.00719. The molecule has 0 aliphatic carbocycles. The lowest BCUT2D eigenvalue weighted by atomic mass is 10.1. The van der Waals surface area contributed by atoms with Crippen LogP contribution in [0.3, 0.4) is 0 Å². The van der Waals surface area contributed by atoms with Gasteiger partial charge >= 0.3 is 0 Å². The largest absolute Gasteiger partial charge is 0.454 e. The fourth-order valence-electron chi connectivity index (χ4n) is 2.92. The molecule has 1 saturated heterocycles. The Morgan fingerprint density at radius 3 is 2.86 bits per heavy atom. The van der Waals surface area contributed by atoms with Gasteiger partial charge in [0.2, 0.25) is 12.7 Å². The van der Waals surface area contributed by atoms with Gasteiger partial charge in [-0.15, -0.1) is 0 Å². The first-order valence-electron chi connectivity index (χ1n) is 7.88. The molecule has 0 saturated carbocycles. The van der Waals surface area contributed by atoms with Crippen molar-refractivity contribution in [2.45, 2.75) is 26.8 Å². The SMILES string of the molecule is CC(C)CN(Cc1ccc2c(c1)OCO2)C(=O)C1CCOC1. The summed E-state index contributed by atoms with van der Waals surface area (Å²) in [5, 5.41) is 0. The number of benzene rings is 1. The number of carbonyl (C=O) groups is 1. The number of hydrogen-bond acceptors (Lipinski definition) is 4. The van der Waals surface area contributed by atoms with Crippen LogP contribution in [-0.4, -0.2) is 37.4 Å². The molecule has 0 spiro atoms. The fourth-order valence-corrected chi connectivity index (χ4v) is 2.92. The summed E-state index contributed by atoms with van der Waals surface area (Å²) in [6, 6.07) is 5.88. The molecule has 1 fully saturated rings. The first kappa shape index (κ1) is 15.2. The van der Waals surface area contributed by atoms with Gasteiger partial charge in [0.1, 0.15) is 0 Å². The molecule has 5 heteroatoms. The third kappa shape index (κ3) is 3.35. The van der Waals surface area contributed by atoms with Crippen LogP contribution in [0.1, 0.15) is 25.8 Å². The fraction of sp³-hybridized carbons (Fsp3) is 0.588. The Hall–Kier alpha value is -1.75. The van der Waals surface area contributed by atoms with Crippen molar-refractivity contribution in [2.75, 3.05) is 26.6 Å². The summed E-state index contributed by atoms with van der Waals surface area (Å²) in [6.07, 6.45) is 0.828. The predicted octanol–water partition coefficient (Wildman–Crippen LogP) is 2.44. The zero-order valence-corrected chi connectivity index (χ0v) is 13.2. The van der Waals surface area contributed by atoms with Crippen molar-refractivity contribution in [3.8, 4) is 11.5 Å². The summed E-state index contributed by atoms with van der Waals surface area (Å²) in [5.41, 5.74) is 1.07. The van der Waals surface area contributed by atoms with Gasteiger partial charge in [0.05, 0.1) is 12.5 Å². The molecule has 1 atom stereocenters. The highest BCUT2D eigenvalue weighted by Crippen LogP contribution is 2.33. The second kappa shape index (κ2) is 6.57. The highest BCUT2D eigenvalue weighted by Gasteiger charge is 2.28. The van der Waals surface area contributed by atoms with Crippen LogP contribution in [0.4, 0.5) is 0 Å². The maximum absolute atomic E-state index is 12.7. The number of rotatable bonds is 5. The molecule has 120 valence electrons. The molecule has 22 heavy (non-hydrogen) atoms. The lowest BCUT2D eigenvalue weighted by molar-refractivity contribution is -0.136. The van der Waals surface area contributed by atoms with E-state index in [1.54, 1.807) is 0 Å². The number of amides is 1. The highest BCUT2D eigenvalue weighted by atomic mass is 16.7. The summed E-state index contributed by atoms with van der Waals surface area (Å²) in [7, 11) is 0. The molecule has 0 aromatic heterocycles. The minimum Gasteiger partial charge on any atom is -0.454 e. The Morgan fingerprint density at radius 2 is 2.14 bits per heavy atom. The van der Waals surface area contributed by atoms with Crippen LogP contribution >= 0.6 is 0 Å². The number of nitrogens with zero attached hydrogens (tertiary/aromatic N) is 1. The Labute approximate surface area is 131 Å². The highest BCUT2D eigenvalue weighted by molar-refractivity contribution is 5.79. The van der Waals surface area contributed by atoms with E-state index in [4.69, 9.17) is 14.2 Å². The predicted molar refractivity (Wildman–Crippen MR) is 81.7 cm³/mol. The van der Waals surface area contributed by atoms with Crippen LogP contribution in [-0.2, 0) is 16.1 Å². The van der Waals surface area contributed by atoms with E-state index in [1.165, 1.54) is 0 Å². The number of carbonyl (C=O) groups excluding carboxylic acids is 1. The van der Waals surface area contributed by atoms with Gasteiger partial charge in [-0.3, -0.25) is 4.79 Å². The molecule has 0 radical (unpaired) electrons. The van der Waals surface area contributed by atoms with E-state index in [2.05, 4.69) is 13.8 Å². The van der Waals surface area contributed by atoms with Gasteiger partial charge in [0.15, 0.2) is 11.5 Å². The van der Waals surface area contributed by atoms with Crippen LogP contribution in [0.5, 0.6) is 11.5 Å². The van der Waals surface area contributed by atoms with E-state index in [9.17, 15) is 4.79 Å². The zero-order valence-electron chi connectivity index (χ0n) is 13.2. The smallest absolute Gasteiger partial charge is 0.231 e. The molecule has 0 bridgehead atoms. The minimum absolute atomic E-state index is 0.00719. The molecule has 0 N–H and O–H groups in total. The molecule has 2 heterocycles. The summed E-state index contributed by atoms with van der Waals surface area (Å²) >= 11 is 0. The molecule has 5 nitrogen and oxygen atoms in total. The molecule has 3 rings (SSSR count). The van der Waals surface area contributed by atoms with Crippen LogP contribution in [0.15, 0.2) is 18.2 Å². The lowest BCUT2D eigenvalue weighted by Crippen LogP contribution is -2.38. The standard InChI is InChI=1S/C17H23NO4/c1-12(2)8-18(17(19)14-5-6-20-10-14)9-13-3-4-15-16(7-13)22-11-21-15/h3-4,7,12,14H,5-6,8-11H2,1-2H3. The van der Waals surface area contributed by atoms with Gasteiger partial charge in [0, 0.05) is 19.7 Å². The van der Waals surface area contributed by atoms with E-state index < -0.39 is 0 Å². The molecular formula is C17H23NO4.